The first kappa shape index (κ1) is 26.4. The van der Waals surface area contributed by atoms with Crippen LogP contribution in [0, 0.1) is 0 Å². The van der Waals surface area contributed by atoms with Crippen molar-refractivity contribution in [1.82, 2.24) is 14.9 Å². The van der Waals surface area contributed by atoms with Crippen molar-refractivity contribution in [3.05, 3.63) is 78.1 Å². The molecule has 0 spiro atoms. The van der Waals surface area contributed by atoms with Crippen molar-refractivity contribution in [2.75, 3.05) is 51.2 Å². The highest BCUT2D eigenvalue weighted by Gasteiger charge is 2.15. The van der Waals surface area contributed by atoms with Gasteiger partial charge in [0.25, 0.3) is 0 Å². The number of benzene rings is 2. The fourth-order valence-electron chi connectivity index (χ4n) is 3.74. The Hall–Kier alpha value is -4.24. The van der Waals surface area contributed by atoms with E-state index in [4.69, 9.17) is 10.5 Å². The van der Waals surface area contributed by atoms with Crippen LogP contribution in [-0.4, -0.2) is 61.3 Å². The third-order valence-electron chi connectivity index (χ3n) is 5.50. The van der Waals surface area contributed by atoms with E-state index in [2.05, 4.69) is 37.1 Å². The number of carbonyl (C=O) groups excluding carboxylic acids is 1. The lowest BCUT2D eigenvalue weighted by atomic mass is 10.0. The van der Waals surface area contributed by atoms with Crippen LogP contribution in [0.5, 0.6) is 5.75 Å². The number of aromatic nitrogens is 2. The highest BCUT2D eigenvalue weighted by atomic mass is 16.5. The molecule has 2 aromatic carbocycles. The average molecular weight is 488 g/mol. The molecule has 3 rings (SSSR count). The second-order valence-electron chi connectivity index (χ2n) is 8.36. The molecule has 9 nitrogen and oxygen atoms in total. The second-order valence-corrected chi connectivity index (χ2v) is 8.36. The predicted octanol–water partition coefficient (Wildman–Crippen LogP) is 3.90. The summed E-state index contributed by atoms with van der Waals surface area (Å²) in [6.07, 6.45) is 4.58. The number of amides is 1. The molecule has 0 aliphatic carbocycles. The molecule has 0 saturated carbocycles. The lowest BCUT2D eigenvalue weighted by Crippen LogP contribution is -2.15. The molecular weight excluding hydrogens is 454 g/mol. The number of para-hydroxylation sites is 1. The zero-order valence-corrected chi connectivity index (χ0v) is 21.2. The number of nitrogens with one attached hydrogen (secondary N) is 2. The van der Waals surface area contributed by atoms with Crippen LogP contribution in [-0.2, 0) is 11.2 Å². The van der Waals surface area contributed by atoms with Gasteiger partial charge in [-0.15, -0.1) is 0 Å². The molecule has 4 N–H and O–H groups in total. The van der Waals surface area contributed by atoms with E-state index >= 15 is 0 Å². The van der Waals surface area contributed by atoms with Crippen LogP contribution >= 0.6 is 0 Å². The molecule has 36 heavy (non-hydrogen) atoms. The van der Waals surface area contributed by atoms with Gasteiger partial charge in [-0.2, -0.15) is 0 Å². The van der Waals surface area contributed by atoms with E-state index in [0.717, 1.165) is 30.5 Å². The average Bonchev–Trinajstić information content (AvgIpc) is 2.86. The topological polar surface area (TPSA) is 118 Å². The molecule has 0 saturated heterocycles. The van der Waals surface area contributed by atoms with Crippen LogP contribution < -0.4 is 21.1 Å². The molecule has 0 aliphatic heterocycles. The normalized spacial score (nSPS) is 11.3. The number of nitrogens with two attached hydrogens (primary N) is 1. The number of aliphatic imine (C=N–C) groups is 1. The minimum Gasteiger partial charge on any atom is -0.495 e. The Morgan fingerprint density at radius 1 is 1.22 bits per heavy atom. The first-order valence-corrected chi connectivity index (χ1v) is 11.6. The number of aryl methyl sites for hydroxylation is 1. The van der Waals surface area contributed by atoms with E-state index in [1.165, 1.54) is 6.08 Å². The molecule has 1 amide bonds. The maximum absolute atomic E-state index is 12.1. The monoisotopic (exact) mass is 487 g/mol. The largest absolute Gasteiger partial charge is 0.495 e. The summed E-state index contributed by atoms with van der Waals surface area (Å²) in [7, 11) is 7.36. The van der Waals surface area contributed by atoms with Crippen molar-refractivity contribution in [3.8, 4) is 5.75 Å². The summed E-state index contributed by atoms with van der Waals surface area (Å²) < 4.78 is 5.65. The molecule has 0 atom stereocenters. The van der Waals surface area contributed by atoms with Crippen molar-refractivity contribution < 1.29 is 9.53 Å². The standard InChI is InChI=1S/C27H33N7O2/c1-6-25(35)31-22-17-23(24(36-5)16-18(22)10-9-15-34(3)4)33-27-30-14-13-21(32-27)26(29-2)19-11-7-8-12-20(19)28/h6-8,11-14,16-17H,1,9-10,15,28H2,2-5H3,(H,31,35)(H,30,32,33). The van der Waals surface area contributed by atoms with E-state index < -0.39 is 0 Å². The first-order valence-electron chi connectivity index (χ1n) is 11.6. The third kappa shape index (κ3) is 6.67. The minimum atomic E-state index is -0.289. The SMILES string of the molecule is C=CC(=O)Nc1cc(Nc2nccc(C(=NC)c3ccccc3N)n2)c(OC)cc1CCCN(C)C. The summed E-state index contributed by atoms with van der Waals surface area (Å²) in [6, 6.07) is 13.0. The highest BCUT2D eigenvalue weighted by molar-refractivity contribution is 6.14. The van der Waals surface area contributed by atoms with Crippen molar-refractivity contribution >= 4 is 34.6 Å². The molecule has 0 bridgehead atoms. The molecule has 0 radical (unpaired) electrons. The van der Waals surface area contributed by atoms with Gasteiger partial charge < -0.3 is 26.0 Å². The maximum atomic E-state index is 12.1. The molecule has 188 valence electrons. The van der Waals surface area contributed by atoms with Crippen LogP contribution in [0.15, 0.2) is 66.3 Å². The molecule has 0 fully saturated rings. The number of carbonyl (C=O) groups is 1. The molecule has 9 heteroatoms. The van der Waals surface area contributed by atoms with E-state index in [1.807, 2.05) is 50.5 Å². The number of nitrogens with zero attached hydrogens (tertiary/aromatic N) is 4. The number of ether oxygens (including phenoxy) is 1. The van der Waals surface area contributed by atoms with Crippen molar-refractivity contribution in [2.45, 2.75) is 12.8 Å². The van der Waals surface area contributed by atoms with Crippen LogP contribution in [0.1, 0.15) is 23.2 Å². The Morgan fingerprint density at radius 3 is 2.67 bits per heavy atom. The van der Waals surface area contributed by atoms with Crippen LogP contribution in [0.25, 0.3) is 0 Å². The first-order chi connectivity index (χ1) is 17.4. The van der Waals surface area contributed by atoms with Crippen LogP contribution in [0.3, 0.4) is 0 Å². The highest BCUT2D eigenvalue weighted by Crippen LogP contribution is 2.34. The fourth-order valence-corrected chi connectivity index (χ4v) is 3.74. The Balaban J connectivity index is 1.96. The summed E-state index contributed by atoms with van der Waals surface area (Å²) in [5.41, 5.74) is 11.1. The van der Waals surface area contributed by atoms with Gasteiger partial charge in [0.05, 0.1) is 24.2 Å². The predicted molar refractivity (Wildman–Crippen MR) is 146 cm³/mol. The number of hydrogen-bond acceptors (Lipinski definition) is 8. The number of methoxy groups -OCH3 is 1. The maximum Gasteiger partial charge on any atom is 0.247 e. The Bertz CT molecular complexity index is 1250. The number of hydrogen-bond donors (Lipinski definition) is 3. The summed E-state index contributed by atoms with van der Waals surface area (Å²) in [5, 5.41) is 6.13. The zero-order chi connectivity index (χ0) is 26.1. The van der Waals surface area contributed by atoms with Crippen molar-refractivity contribution in [3.63, 3.8) is 0 Å². The summed E-state index contributed by atoms with van der Waals surface area (Å²) >= 11 is 0. The Labute approximate surface area is 212 Å². The molecule has 1 heterocycles. The molecule has 0 unspecified atom stereocenters. The molecule has 1 aromatic heterocycles. The summed E-state index contributed by atoms with van der Waals surface area (Å²) in [4.78, 5) is 27.7. The number of anilines is 4. The van der Waals surface area contributed by atoms with Crippen molar-refractivity contribution in [2.24, 2.45) is 4.99 Å². The van der Waals surface area contributed by atoms with Gasteiger partial charge >= 0.3 is 0 Å². The van der Waals surface area contributed by atoms with Gasteiger partial charge in [-0.3, -0.25) is 9.79 Å². The van der Waals surface area contributed by atoms with E-state index in [-0.39, 0.29) is 5.91 Å². The summed E-state index contributed by atoms with van der Waals surface area (Å²) in [5.74, 6) is 0.669. The Morgan fingerprint density at radius 2 is 2.00 bits per heavy atom. The van der Waals surface area contributed by atoms with Gasteiger partial charge in [0.2, 0.25) is 11.9 Å². The molecule has 3 aromatic rings. The van der Waals surface area contributed by atoms with Gasteiger partial charge in [0.15, 0.2) is 0 Å². The Kier molecular flexibility index (Phi) is 9.13. The lowest BCUT2D eigenvalue weighted by Gasteiger charge is -2.18. The van der Waals surface area contributed by atoms with Crippen LogP contribution in [0.2, 0.25) is 0 Å². The van der Waals surface area contributed by atoms with Gasteiger partial charge in [-0.25, -0.2) is 9.97 Å². The van der Waals surface area contributed by atoms with Gasteiger partial charge in [-0.1, -0.05) is 24.8 Å². The molecular formula is C27H33N7O2. The minimum absolute atomic E-state index is 0.289. The van der Waals surface area contributed by atoms with Gasteiger partial charge in [0, 0.05) is 30.2 Å². The smallest absolute Gasteiger partial charge is 0.247 e. The van der Waals surface area contributed by atoms with E-state index in [1.54, 1.807) is 26.4 Å². The third-order valence-corrected chi connectivity index (χ3v) is 5.50. The number of nitrogen functional groups attached to an aromatic ring is 1. The fraction of sp³-hybridized carbons (Fsp3) is 0.259. The van der Waals surface area contributed by atoms with E-state index in [9.17, 15) is 4.79 Å². The quantitative estimate of drug-likeness (QED) is 0.213. The van der Waals surface area contributed by atoms with Gasteiger partial charge in [-0.05, 0) is 69.4 Å². The second kappa shape index (κ2) is 12.5. The van der Waals surface area contributed by atoms with Gasteiger partial charge in [0.1, 0.15) is 5.75 Å². The van der Waals surface area contributed by atoms with Crippen molar-refractivity contribution in [1.29, 1.82) is 0 Å². The summed E-state index contributed by atoms with van der Waals surface area (Å²) in [6.45, 7) is 4.48. The lowest BCUT2D eigenvalue weighted by molar-refractivity contribution is -0.111. The van der Waals surface area contributed by atoms with Crippen LogP contribution in [0.4, 0.5) is 23.0 Å². The number of rotatable bonds is 11. The molecule has 0 aliphatic rings. The zero-order valence-electron chi connectivity index (χ0n) is 21.2. The van der Waals surface area contributed by atoms with E-state index in [0.29, 0.717) is 40.2 Å².